The molecule has 0 saturated carbocycles. The molecule has 0 fully saturated rings. The van der Waals surface area contributed by atoms with Gasteiger partial charge >= 0.3 is 5.97 Å². The highest BCUT2D eigenvalue weighted by atomic mass is 32.1. The molecule has 1 aliphatic rings. The Morgan fingerprint density at radius 1 is 1.24 bits per heavy atom. The zero-order chi connectivity index (χ0) is 26.3. The molecule has 7 nitrogen and oxygen atoms in total. The summed E-state index contributed by atoms with van der Waals surface area (Å²) in [6.45, 7) is 5.79. The van der Waals surface area contributed by atoms with Gasteiger partial charge in [0.25, 0.3) is 5.56 Å². The van der Waals surface area contributed by atoms with Crippen LogP contribution in [0.2, 0.25) is 0 Å². The third-order valence-corrected chi connectivity index (χ3v) is 8.73. The monoisotopic (exact) mass is 539 g/mol. The number of benzene rings is 1. The number of aryl methyl sites for hydroxylation is 1. The van der Waals surface area contributed by atoms with Gasteiger partial charge in [0.1, 0.15) is 22.2 Å². The first-order valence-corrected chi connectivity index (χ1v) is 13.8. The van der Waals surface area contributed by atoms with E-state index < -0.39 is 11.9 Å². The molecule has 0 spiro atoms. The normalized spacial score (nSPS) is 15.0. The van der Waals surface area contributed by atoms with E-state index in [1.165, 1.54) is 45.7 Å². The highest BCUT2D eigenvalue weighted by Gasteiger charge is 2.29. The van der Waals surface area contributed by atoms with Crippen LogP contribution in [0.15, 0.2) is 35.4 Å². The zero-order valence-electron chi connectivity index (χ0n) is 20.7. The van der Waals surface area contributed by atoms with Gasteiger partial charge in [0, 0.05) is 15.3 Å². The maximum atomic E-state index is 13.5. The van der Waals surface area contributed by atoms with E-state index in [9.17, 15) is 18.8 Å². The van der Waals surface area contributed by atoms with Gasteiger partial charge in [0.15, 0.2) is 0 Å². The van der Waals surface area contributed by atoms with Crippen LogP contribution in [-0.2, 0) is 28.9 Å². The number of amides is 1. The number of hydrogen-bond donors (Lipinski definition) is 1. The summed E-state index contributed by atoms with van der Waals surface area (Å²) in [5, 5.41) is 3.72. The lowest BCUT2D eigenvalue weighted by Crippen LogP contribution is -2.28. The number of thiophene rings is 2. The smallest absolute Gasteiger partial charge is 0.341 e. The van der Waals surface area contributed by atoms with Crippen molar-refractivity contribution in [1.82, 2.24) is 9.55 Å². The van der Waals surface area contributed by atoms with Gasteiger partial charge in [-0.3, -0.25) is 14.2 Å². The Morgan fingerprint density at radius 2 is 2.00 bits per heavy atom. The van der Waals surface area contributed by atoms with Crippen LogP contribution in [0.25, 0.3) is 21.3 Å². The number of rotatable bonds is 6. The van der Waals surface area contributed by atoms with E-state index in [2.05, 4.69) is 17.2 Å². The molecule has 1 N–H and O–H groups in total. The minimum Gasteiger partial charge on any atom is -0.462 e. The van der Waals surface area contributed by atoms with Crippen molar-refractivity contribution in [2.75, 3.05) is 11.9 Å². The van der Waals surface area contributed by atoms with Crippen molar-refractivity contribution in [3.8, 4) is 11.1 Å². The highest BCUT2D eigenvalue weighted by Crippen LogP contribution is 2.40. The molecular weight excluding hydrogens is 513 g/mol. The van der Waals surface area contributed by atoms with Crippen molar-refractivity contribution in [1.29, 1.82) is 0 Å². The largest absolute Gasteiger partial charge is 0.462 e. The Hall–Kier alpha value is -3.37. The number of nitrogens with zero attached hydrogens (tertiary/aromatic N) is 2. The molecule has 0 radical (unpaired) electrons. The molecule has 1 aliphatic carbocycles. The molecule has 192 valence electrons. The van der Waals surface area contributed by atoms with Crippen LogP contribution in [-0.4, -0.2) is 28.0 Å². The van der Waals surface area contributed by atoms with Gasteiger partial charge in [-0.1, -0.05) is 19.1 Å². The predicted molar refractivity (Wildman–Crippen MR) is 144 cm³/mol. The number of carbonyl (C=O) groups excluding carboxylic acids is 2. The van der Waals surface area contributed by atoms with E-state index in [0.29, 0.717) is 37.8 Å². The first-order chi connectivity index (χ1) is 17.8. The van der Waals surface area contributed by atoms with Gasteiger partial charge in [0.2, 0.25) is 5.91 Å². The number of carbonyl (C=O) groups is 2. The lowest BCUT2D eigenvalue weighted by molar-refractivity contribution is -0.116. The van der Waals surface area contributed by atoms with E-state index in [1.54, 1.807) is 19.1 Å². The average molecular weight is 540 g/mol. The van der Waals surface area contributed by atoms with Crippen molar-refractivity contribution < 1.29 is 18.7 Å². The van der Waals surface area contributed by atoms with E-state index >= 15 is 0 Å². The number of hydrogen-bond acceptors (Lipinski definition) is 7. The van der Waals surface area contributed by atoms with E-state index in [0.717, 1.165) is 34.6 Å². The van der Waals surface area contributed by atoms with Gasteiger partial charge in [0.05, 0.1) is 23.9 Å². The number of ether oxygens (including phenoxy) is 1. The molecule has 4 aromatic rings. The third-order valence-electron chi connectivity index (χ3n) is 6.55. The molecule has 1 amide bonds. The number of nitrogens with one attached hydrogen (secondary N) is 1. The summed E-state index contributed by atoms with van der Waals surface area (Å²) in [6, 6.07) is 5.96. The Balaban J connectivity index is 1.46. The van der Waals surface area contributed by atoms with Crippen molar-refractivity contribution in [3.63, 3.8) is 0 Å². The molecule has 10 heteroatoms. The Kier molecular flexibility index (Phi) is 6.96. The molecular formula is C27H26FN3O4S2. The summed E-state index contributed by atoms with van der Waals surface area (Å²) < 4.78 is 20.0. The summed E-state index contributed by atoms with van der Waals surface area (Å²) in [7, 11) is 0. The SMILES string of the molecule is CCOC(=O)c1c(NC(=O)Cn2cnc3sc(C)c(-c4ccc(F)cc4)c3c2=O)sc2c1CC[C@@H](C)C2. The molecule has 3 aromatic heterocycles. The summed E-state index contributed by atoms with van der Waals surface area (Å²) >= 11 is 2.78. The Morgan fingerprint density at radius 3 is 2.73 bits per heavy atom. The number of aromatic nitrogens is 2. The van der Waals surface area contributed by atoms with Crippen molar-refractivity contribution in [2.24, 2.45) is 5.92 Å². The lowest BCUT2D eigenvalue weighted by atomic mass is 9.88. The predicted octanol–water partition coefficient (Wildman–Crippen LogP) is 5.57. The first-order valence-electron chi connectivity index (χ1n) is 12.1. The maximum Gasteiger partial charge on any atom is 0.341 e. The van der Waals surface area contributed by atoms with Crippen molar-refractivity contribution >= 4 is 49.8 Å². The summed E-state index contributed by atoms with van der Waals surface area (Å²) in [4.78, 5) is 46.3. The average Bonchev–Trinajstić information content (AvgIpc) is 3.38. The van der Waals surface area contributed by atoms with Crippen LogP contribution in [0.4, 0.5) is 9.39 Å². The lowest BCUT2D eigenvalue weighted by Gasteiger charge is -2.18. The molecule has 0 saturated heterocycles. The second kappa shape index (κ2) is 10.2. The minimum absolute atomic E-state index is 0.241. The van der Waals surface area contributed by atoms with Gasteiger partial charge in [-0.05, 0) is 62.3 Å². The van der Waals surface area contributed by atoms with Gasteiger partial charge in [-0.2, -0.15) is 0 Å². The molecule has 1 atom stereocenters. The quantitative estimate of drug-likeness (QED) is 0.323. The highest BCUT2D eigenvalue weighted by molar-refractivity contribution is 7.19. The maximum absolute atomic E-state index is 13.5. The fourth-order valence-electron chi connectivity index (χ4n) is 4.79. The minimum atomic E-state index is -0.442. The molecule has 0 bridgehead atoms. The van der Waals surface area contributed by atoms with E-state index in [4.69, 9.17) is 4.74 Å². The van der Waals surface area contributed by atoms with E-state index in [1.807, 2.05) is 6.92 Å². The summed E-state index contributed by atoms with van der Waals surface area (Å²) in [6.07, 6.45) is 3.95. The fraction of sp³-hybridized carbons (Fsp3) is 0.333. The van der Waals surface area contributed by atoms with Crippen LogP contribution in [0.1, 0.15) is 45.9 Å². The number of fused-ring (bicyclic) bond motifs is 2. The number of esters is 1. The van der Waals surface area contributed by atoms with Crippen LogP contribution >= 0.6 is 22.7 Å². The zero-order valence-corrected chi connectivity index (χ0v) is 22.4. The Bertz CT molecular complexity index is 1570. The Labute approximate surface area is 220 Å². The summed E-state index contributed by atoms with van der Waals surface area (Å²) in [5.74, 6) is -0.732. The van der Waals surface area contributed by atoms with Crippen LogP contribution < -0.4 is 10.9 Å². The van der Waals surface area contributed by atoms with Gasteiger partial charge in [-0.15, -0.1) is 22.7 Å². The summed E-state index contributed by atoms with van der Waals surface area (Å²) in [5.41, 5.74) is 2.43. The number of halogens is 1. The van der Waals surface area contributed by atoms with Crippen molar-refractivity contribution in [3.05, 3.63) is 67.6 Å². The van der Waals surface area contributed by atoms with Gasteiger partial charge in [-0.25, -0.2) is 14.2 Å². The second-order valence-electron chi connectivity index (χ2n) is 9.22. The van der Waals surface area contributed by atoms with Crippen LogP contribution in [0, 0.1) is 18.7 Å². The molecule has 37 heavy (non-hydrogen) atoms. The molecule has 0 aliphatic heterocycles. The third kappa shape index (κ3) is 4.83. The number of anilines is 1. The van der Waals surface area contributed by atoms with Crippen LogP contribution in [0.3, 0.4) is 0 Å². The molecule has 5 rings (SSSR count). The van der Waals surface area contributed by atoms with E-state index in [-0.39, 0.29) is 24.5 Å². The first kappa shape index (κ1) is 25.3. The topological polar surface area (TPSA) is 90.3 Å². The second-order valence-corrected chi connectivity index (χ2v) is 11.5. The van der Waals surface area contributed by atoms with Gasteiger partial charge < -0.3 is 10.1 Å². The van der Waals surface area contributed by atoms with Crippen LogP contribution in [0.5, 0.6) is 0 Å². The fourth-order valence-corrected chi connectivity index (χ4v) is 7.21. The molecule has 3 heterocycles. The molecule has 0 unspecified atom stereocenters. The van der Waals surface area contributed by atoms with Crippen molar-refractivity contribution in [2.45, 2.75) is 46.6 Å². The molecule has 1 aromatic carbocycles. The standard InChI is InChI=1S/C27H26FN3O4S2/c1-4-35-27(34)22-18-10-5-14(2)11-19(18)37-25(22)30-20(32)12-31-13-29-24-23(26(31)33)21(15(3)36-24)16-6-8-17(28)9-7-16/h6-9,13-14H,4-5,10-12H2,1-3H3,(H,30,32)/t14-/m1/s1.